The van der Waals surface area contributed by atoms with E-state index >= 15 is 0 Å². The number of benzene rings is 2. The van der Waals surface area contributed by atoms with E-state index in [9.17, 15) is 5.11 Å². The largest absolute Gasteiger partial charge is 0.497 e. The molecule has 0 amide bonds. The van der Waals surface area contributed by atoms with E-state index in [1.807, 2.05) is 24.3 Å². The van der Waals surface area contributed by atoms with Crippen molar-refractivity contribution in [3.8, 4) is 23.8 Å². The predicted octanol–water partition coefficient (Wildman–Crippen LogP) is 2.77. The molecule has 0 unspecified atom stereocenters. The molecule has 0 spiro atoms. The van der Waals surface area contributed by atoms with Gasteiger partial charge in [-0.05, 0) is 35.4 Å². The molecule has 2 aromatic rings. The Morgan fingerprint density at radius 1 is 0.952 bits per heavy atom. The van der Waals surface area contributed by atoms with Crippen molar-refractivity contribution in [1.82, 2.24) is 0 Å². The quantitative estimate of drug-likeness (QED) is 0.857. The molecule has 1 N–H and O–H groups in total. The first kappa shape index (κ1) is 15.0. The molecule has 0 aliphatic rings. The van der Waals surface area contributed by atoms with Gasteiger partial charge in [0, 0.05) is 6.42 Å². The monoisotopic (exact) mass is 282 g/mol. The Bertz CT molecular complexity index is 623. The van der Waals surface area contributed by atoms with Crippen LogP contribution in [0.25, 0.3) is 0 Å². The molecular weight excluding hydrogens is 264 g/mol. The van der Waals surface area contributed by atoms with E-state index in [-0.39, 0.29) is 0 Å². The van der Waals surface area contributed by atoms with Crippen LogP contribution in [-0.2, 0) is 12.0 Å². The van der Waals surface area contributed by atoms with Gasteiger partial charge in [0.25, 0.3) is 0 Å². The smallest absolute Gasteiger partial charge is 0.154 e. The molecule has 0 heterocycles. The van der Waals surface area contributed by atoms with Crippen molar-refractivity contribution in [3.63, 3.8) is 0 Å². The summed E-state index contributed by atoms with van der Waals surface area (Å²) in [6, 6.07) is 14.6. The van der Waals surface area contributed by atoms with Crippen LogP contribution >= 0.6 is 0 Å². The van der Waals surface area contributed by atoms with Crippen LogP contribution < -0.4 is 9.47 Å². The first-order valence-electron chi connectivity index (χ1n) is 6.59. The Kier molecular flexibility index (Phi) is 4.52. The Morgan fingerprint density at radius 3 is 1.86 bits per heavy atom. The van der Waals surface area contributed by atoms with Crippen molar-refractivity contribution in [2.24, 2.45) is 0 Å². The molecule has 3 heteroatoms. The van der Waals surface area contributed by atoms with Crippen molar-refractivity contribution in [1.29, 1.82) is 0 Å². The molecule has 3 nitrogen and oxygen atoms in total. The lowest BCUT2D eigenvalue weighted by molar-refractivity contribution is 0.101. The van der Waals surface area contributed by atoms with E-state index in [1.54, 1.807) is 38.5 Å². The van der Waals surface area contributed by atoms with Gasteiger partial charge in [-0.2, -0.15) is 0 Å². The minimum atomic E-state index is -1.35. The van der Waals surface area contributed by atoms with E-state index in [2.05, 4.69) is 5.92 Å². The van der Waals surface area contributed by atoms with Gasteiger partial charge in [0.15, 0.2) is 5.60 Å². The van der Waals surface area contributed by atoms with Crippen LogP contribution in [0.15, 0.2) is 48.5 Å². The zero-order chi connectivity index (χ0) is 15.3. The highest BCUT2D eigenvalue weighted by molar-refractivity contribution is 5.38. The van der Waals surface area contributed by atoms with Gasteiger partial charge in [-0.3, -0.25) is 0 Å². The lowest BCUT2D eigenvalue weighted by Gasteiger charge is -2.23. The van der Waals surface area contributed by atoms with Crippen LogP contribution in [0.4, 0.5) is 0 Å². The molecular formula is C18H18O3. The maximum absolute atomic E-state index is 10.7. The van der Waals surface area contributed by atoms with Crippen molar-refractivity contribution in [2.45, 2.75) is 12.0 Å². The number of terminal acetylenes is 1. The summed E-state index contributed by atoms with van der Waals surface area (Å²) in [6.45, 7) is 0. The summed E-state index contributed by atoms with van der Waals surface area (Å²) in [5.41, 5.74) is 0.259. The van der Waals surface area contributed by atoms with Crippen molar-refractivity contribution < 1.29 is 14.6 Å². The number of hydrogen-bond acceptors (Lipinski definition) is 3. The molecule has 1 atom stereocenters. The lowest BCUT2D eigenvalue weighted by Crippen LogP contribution is -2.26. The maximum Gasteiger partial charge on any atom is 0.154 e. The summed E-state index contributed by atoms with van der Waals surface area (Å²) in [6.07, 6.45) is 5.89. The Morgan fingerprint density at radius 2 is 1.43 bits per heavy atom. The SMILES string of the molecule is C#C[C@@](O)(Cc1ccc(OC)cc1)c1ccc(OC)cc1. The normalized spacial score (nSPS) is 13.0. The van der Waals surface area contributed by atoms with Crippen LogP contribution in [0, 0.1) is 12.3 Å². The highest BCUT2D eigenvalue weighted by Crippen LogP contribution is 2.27. The molecule has 0 aromatic heterocycles. The molecule has 0 bridgehead atoms. The standard InChI is InChI=1S/C18H18O3/c1-4-18(19,15-7-11-17(21-3)12-8-15)13-14-5-9-16(20-2)10-6-14/h1,5-12,19H,13H2,2-3H3/t18-/m1/s1. The molecule has 108 valence electrons. The first-order valence-corrected chi connectivity index (χ1v) is 6.59. The zero-order valence-electron chi connectivity index (χ0n) is 12.2. The van der Waals surface area contributed by atoms with Crippen molar-refractivity contribution in [2.75, 3.05) is 14.2 Å². The van der Waals surface area contributed by atoms with Gasteiger partial charge in [0.1, 0.15) is 11.5 Å². The Balaban J connectivity index is 2.25. The van der Waals surface area contributed by atoms with E-state index in [0.29, 0.717) is 12.0 Å². The highest BCUT2D eigenvalue weighted by atomic mass is 16.5. The highest BCUT2D eigenvalue weighted by Gasteiger charge is 2.27. The van der Waals surface area contributed by atoms with E-state index in [1.165, 1.54) is 0 Å². The second kappa shape index (κ2) is 6.34. The Labute approximate surface area is 125 Å². The summed E-state index contributed by atoms with van der Waals surface area (Å²) >= 11 is 0. The van der Waals surface area contributed by atoms with Crippen molar-refractivity contribution >= 4 is 0 Å². The molecule has 0 saturated heterocycles. The van der Waals surface area contributed by atoms with Crippen molar-refractivity contribution in [3.05, 3.63) is 59.7 Å². The average Bonchev–Trinajstić information content (AvgIpc) is 2.55. The number of hydrogen-bond donors (Lipinski definition) is 1. The van der Waals surface area contributed by atoms with Gasteiger partial charge in [-0.25, -0.2) is 0 Å². The fourth-order valence-electron chi connectivity index (χ4n) is 2.14. The molecule has 0 aliphatic heterocycles. The second-order valence-corrected chi connectivity index (χ2v) is 4.76. The topological polar surface area (TPSA) is 38.7 Å². The molecule has 0 aliphatic carbocycles. The molecule has 0 radical (unpaired) electrons. The average molecular weight is 282 g/mol. The van der Waals surface area contributed by atoms with Crippen LogP contribution in [0.3, 0.4) is 0 Å². The van der Waals surface area contributed by atoms with Gasteiger partial charge in [-0.1, -0.05) is 30.2 Å². The van der Waals surface area contributed by atoms with Gasteiger partial charge in [0.2, 0.25) is 0 Å². The Hall–Kier alpha value is -2.44. The van der Waals surface area contributed by atoms with Crippen LogP contribution in [-0.4, -0.2) is 19.3 Å². The van der Waals surface area contributed by atoms with Gasteiger partial charge in [0.05, 0.1) is 14.2 Å². The predicted molar refractivity (Wildman–Crippen MR) is 82.4 cm³/mol. The van der Waals surface area contributed by atoms with Crippen LogP contribution in [0.2, 0.25) is 0 Å². The molecule has 0 saturated carbocycles. The second-order valence-electron chi connectivity index (χ2n) is 4.76. The lowest BCUT2D eigenvalue weighted by atomic mass is 9.88. The van der Waals surface area contributed by atoms with Gasteiger partial charge >= 0.3 is 0 Å². The van der Waals surface area contributed by atoms with Gasteiger partial charge in [-0.15, -0.1) is 6.42 Å². The van der Waals surface area contributed by atoms with Crippen LogP contribution in [0.5, 0.6) is 11.5 Å². The van der Waals surface area contributed by atoms with Crippen LogP contribution in [0.1, 0.15) is 11.1 Å². The minimum absolute atomic E-state index is 0.333. The third-order valence-electron chi connectivity index (χ3n) is 3.43. The van der Waals surface area contributed by atoms with E-state index < -0.39 is 5.60 Å². The number of aliphatic hydroxyl groups is 1. The summed E-state index contributed by atoms with van der Waals surface area (Å²) in [5.74, 6) is 3.99. The zero-order valence-corrected chi connectivity index (χ0v) is 12.2. The summed E-state index contributed by atoms with van der Waals surface area (Å²) in [4.78, 5) is 0. The third kappa shape index (κ3) is 3.36. The number of methoxy groups -OCH3 is 2. The molecule has 0 fully saturated rings. The number of rotatable bonds is 5. The van der Waals surface area contributed by atoms with Gasteiger partial charge < -0.3 is 14.6 Å². The maximum atomic E-state index is 10.7. The number of ether oxygens (including phenoxy) is 2. The summed E-state index contributed by atoms with van der Waals surface area (Å²) < 4.78 is 10.2. The first-order chi connectivity index (χ1) is 10.1. The summed E-state index contributed by atoms with van der Waals surface area (Å²) in [5, 5.41) is 10.7. The molecule has 2 rings (SSSR count). The molecule has 21 heavy (non-hydrogen) atoms. The third-order valence-corrected chi connectivity index (χ3v) is 3.43. The minimum Gasteiger partial charge on any atom is -0.497 e. The summed E-state index contributed by atoms with van der Waals surface area (Å²) in [7, 11) is 3.21. The van der Waals surface area contributed by atoms with E-state index in [4.69, 9.17) is 15.9 Å². The fraction of sp³-hybridized carbons (Fsp3) is 0.222. The molecule has 2 aromatic carbocycles. The fourth-order valence-corrected chi connectivity index (χ4v) is 2.14. The van der Waals surface area contributed by atoms with E-state index in [0.717, 1.165) is 17.1 Å².